The molecule has 1 fully saturated rings. The predicted molar refractivity (Wildman–Crippen MR) is 131 cm³/mol. The van der Waals surface area contributed by atoms with Crippen molar-refractivity contribution in [3.8, 4) is 22.6 Å². The van der Waals surface area contributed by atoms with E-state index in [-0.39, 0.29) is 19.6 Å². The Morgan fingerprint density at radius 3 is 2.41 bits per heavy atom. The number of hydrogen-bond donors (Lipinski definition) is 0. The van der Waals surface area contributed by atoms with E-state index < -0.39 is 26.6 Å². The van der Waals surface area contributed by atoms with Gasteiger partial charge in [-0.05, 0) is 36.2 Å². The highest BCUT2D eigenvalue weighted by Gasteiger charge is 2.33. The van der Waals surface area contributed by atoms with Crippen LogP contribution in [0.4, 0.5) is 14.6 Å². The van der Waals surface area contributed by atoms with Gasteiger partial charge in [-0.1, -0.05) is 12.1 Å². The molecule has 0 saturated carbocycles. The number of nitrogens with zero attached hydrogens (tertiary/aromatic N) is 6. The molecule has 1 aliphatic rings. The molecule has 5 rings (SSSR count). The minimum absolute atomic E-state index is 0.0139. The summed E-state index contributed by atoms with van der Waals surface area (Å²) in [6, 6.07) is 8.47. The molecule has 0 spiro atoms. The van der Waals surface area contributed by atoms with Crippen molar-refractivity contribution in [3.63, 3.8) is 0 Å². The van der Waals surface area contributed by atoms with E-state index in [9.17, 15) is 17.2 Å². The van der Waals surface area contributed by atoms with Gasteiger partial charge in [0.1, 0.15) is 23.8 Å². The summed E-state index contributed by atoms with van der Waals surface area (Å²) < 4.78 is 68.6. The van der Waals surface area contributed by atoms with Crippen LogP contribution in [-0.4, -0.2) is 72.7 Å². The van der Waals surface area contributed by atoms with Crippen LogP contribution in [-0.2, 0) is 10.0 Å². The molecule has 194 valence electrons. The number of sulfonamides is 1. The third kappa shape index (κ3) is 4.44. The molecule has 0 N–H and O–H groups in total. The summed E-state index contributed by atoms with van der Waals surface area (Å²) in [5.74, 6) is -0.0960. The van der Waals surface area contributed by atoms with Crippen molar-refractivity contribution in [2.45, 2.75) is 11.3 Å². The predicted octanol–water partition coefficient (Wildman–Crippen LogP) is 2.99. The molecule has 1 aliphatic heterocycles. The number of halogens is 2. The lowest BCUT2D eigenvalue weighted by Gasteiger charge is -2.26. The van der Waals surface area contributed by atoms with Crippen LogP contribution in [0.1, 0.15) is 6.42 Å². The molecule has 13 heteroatoms. The van der Waals surface area contributed by atoms with E-state index >= 15 is 0 Å². The molecule has 0 amide bonds. The van der Waals surface area contributed by atoms with Gasteiger partial charge in [0.25, 0.3) is 5.78 Å². The van der Waals surface area contributed by atoms with Crippen LogP contribution in [0.5, 0.6) is 11.5 Å². The topological polar surface area (TPSA) is 102 Å². The Morgan fingerprint density at radius 1 is 0.919 bits per heavy atom. The van der Waals surface area contributed by atoms with Gasteiger partial charge in [-0.2, -0.15) is 18.9 Å². The van der Waals surface area contributed by atoms with E-state index in [2.05, 4.69) is 15.1 Å². The van der Waals surface area contributed by atoms with Crippen LogP contribution in [0.15, 0.2) is 53.8 Å². The molecule has 0 atom stereocenters. The minimum atomic E-state index is -4.38. The highest BCUT2D eigenvalue weighted by atomic mass is 32.2. The van der Waals surface area contributed by atoms with E-state index in [4.69, 9.17) is 9.47 Å². The molecule has 2 aromatic heterocycles. The van der Waals surface area contributed by atoms with E-state index in [1.807, 2.05) is 17.0 Å². The van der Waals surface area contributed by atoms with E-state index in [0.29, 0.717) is 36.1 Å². The lowest BCUT2D eigenvalue weighted by Crippen LogP contribution is -2.36. The molecule has 0 bridgehead atoms. The highest BCUT2D eigenvalue weighted by molar-refractivity contribution is 7.89. The Bertz CT molecular complexity index is 1540. The smallest absolute Gasteiger partial charge is 0.254 e. The third-order valence-corrected chi connectivity index (χ3v) is 8.20. The van der Waals surface area contributed by atoms with Crippen LogP contribution in [0.25, 0.3) is 16.9 Å². The van der Waals surface area contributed by atoms with Crippen molar-refractivity contribution >= 4 is 21.6 Å². The zero-order valence-corrected chi connectivity index (χ0v) is 21.0. The highest BCUT2D eigenvalue weighted by Crippen LogP contribution is 2.37. The van der Waals surface area contributed by atoms with Crippen molar-refractivity contribution in [1.82, 2.24) is 23.9 Å². The summed E-state index contributed by atoms with van der Waals surface area (Å²) in [7, 11) is -1.29. The number of aromatic nitrogens is 4. The maximum atomic E-state index is 14.3. The number of fused-ring (bicyclic) bond motifs is 1. The SMILES string of the molecule is COc1ccc(-c2cnc3ncnn3c2N2CCCN(S(=O)(=O)c3c(F)cccc3F)CC2)cc1OC. The molecule has 0 radical (unpaired) electrons. The van der Waals surface area contributed by atoms with Gasteiger partial charge in [-0.3, -0.25) is 0 Å². The third-order valence-electron chi connectivity index (χ3n) is 6.25. The fourth-order valence-electron chi connectivity index (χ4n) is 4.48. The van der Waals surface area contributed by atoms with Crippen molar-refractivity contribution < 1.29 is 26.7 Å². The molecule has 10 nitrogen and oxygen atoms in total. The first kappa shape index (κ1) is 24.8. The summed E-state index contributed by atoms with van der Waals surface area (Å²) >= 11 is 0. The quantitative estimate of drug-likeness (QED) is 0.375. The fraction of sp³-hybridized carbons (Fsp3) is 0.292. The molecule has 0 aliphatic carbocycles. The van der Waals surface area contributed by atoms with E-state index in [0.717, 1.165) is 33.6 Å². The molecule has 37 heavy (non-hydrogen) atoms. The lowest BCUT2D eigenvalue weighted by atomic mass is 10.1. The molecule has 0 unspecified atom stereocenters. The van der Waals surface area contributed by atoms with Gasteiger partial charge in [0, 0.05) is 37.9 Å². The van der Waals surface area contributed by atoms with Gasteiger partial charge in [-0.15, -0.1) is 0 Å². The summed E-state index contributed by atoms with van der Waals surface area (Å²) in [6.07, 6.45) is 3.48. The van der Waals surface area contributed by atoms with Crippen molar-refractivity contribution in [2.24, 2.45) is 0 Å². The van der Waals surface area contributed by atoms with Crippen LogP contribution in [0, 0.1) is 11.6 Å². The first-order chi connectivity index (χ1) is 17.8. The second-order valence-electron chi connectivity index (χ2n) is 8.33. The molecule has 1 saturated heterocycles. The average molecular weight is 531 g/mol. The Hall–Kier alpha value is -3.84. The fourth-order valence-corrected chi connectivity index (χ4v) is 6.06. The maximum absolute atomic E-state index is 14.3. The molecule has 2 aromatic carbocycles. The molecular weight excluding hydrogens is 506 g/mol. The van der Waals surface area contributed by atoms with Gasteiger partial charge in [0.05, 0.1) is 14.2 Å². The minimum Gasteiger partial charge on any atom is -0.493 e. The lowest BCUT2D eigenvalue weighted by molar-refractivity contribution is 0.355. The first-order valence-corrected chi connectivity index (χ1v) is 12.9. The Kier molecular flexibility index (Phi) is 6.65. The number of methoxy groups -OCH3 is 2. The zero-order valence-electron chi connectivity index (χ0n) is 20.1. The Morgan fingerprint density at radius 2 is 1.68 bits per heavy atom. The molecular formula is C24H24F2N6O4S. The summed E-state index contributed by atoms with van der Waals surface area (Å²) in [5.41, 5.74) is 1.50. The first-order valence-electron chi connectivity index (χ1n) is 11.5. The second kappa shape index (κ2) is 9.90. The second-order valence-corrected chi connectivity index (χ2v) is 10.2. The van der Waals surface area contributed by atoms with Crippen LogP contribution < -0.4 is 14.4 Å². The number of ether oxygens (including phenoxy) is 2. The zero-order chi connectivity index (χ0) is 26.2. The Balaban J connectivity index is 1.53. The molecule has 3 heterocycles. The van der Waals surface area contributed by atoms with E-state index in [1.165, 1.54) is 6.33 Å². The number of benzene rings is 2. The standard InChI is InChI=1S/C24H24F2N6O4S/c1-35-20-8-7-16(13-21(20)36-2)17-14-27-24-28-15-29-32(24)23(17)30-9-4-10-31(12-11-30)37(33,34)22-18(25)5-3-6-19(22)26/h3,5-8,13-15H,4,9-12H2,1-2H3. The van der Waals surface area contributed by atoms with Gasteiger partial charge < -0.3 is 14.4 Å². The monoisotopic (exact) mass is 530 g/mol. The van der Waals surface area contributed by atoms with Gasteiger partial charge >= 0.3 is 0 Å². The maximum Gasteiger partial charge on any atom is 0.254 e. The van der Waals surface area contributed by atoms with Crippen LogP contribution in [0.3, 0.4) is 0 Å². The van der Waals surface area contributed by atoms with Crippen LogP contribution >= 0.6 is 0 Å². The van der Waals surface area contributed by atoms with Gasteiger partial charge in [0.15, 0.2) is 16.4 Å². The van der Waals surface area contributed by atoms with E-state index in [1.54, 1.807) is 31.0 Å². The van der Waals surface area contributed by atoms with Crippen LogP contribution in [0.2, 0.25) is 0 Å². The average Bonchev–Trinajstić information content (AvgIpc) is 3.23. The number of anilines is 1. The molecule has 4 aromatic rings. The normalized spacial score (nSPS) is 15.1. The van der Waals surface area contributed by atoms with Crippen molar-refractivity contribution in [1.29, 1.82) is 0 Å². The van der Waals surface area contributed by atoms with Gasteiger partial charge in [0.2, 0.25) is 10.0 Å². The summed E-state index contributed by atoms with van der Waals surface area (Å²) in [4.78, 5) is 9.64. The number of hydrogen-bond acceptors (Lipinski definition) is 8. The number of rotatable bonds is 6. The Labute approximate surface area is 212 Å². The summed E-state index contributed by atoms with van der Waals surface area (Å²) in [5, 5.41) is 4.34. The van der Waals surface area contributed by atoms with Crippen molar-refractivity contribution in [3.05, 3.63) is 60.6 Å². The van der Waals surface area contributed by atoms with Crippen molar-refractivity contribution in [2.75, 3.05) is 45.3 Å². The summed E-state index contributed by atoms with van der Waals surface area (Å²) in [6.45, 7) is 0.823. The largest absolute Gasteiger partial charge is 0.493 e. The van der Waals surface area contributed by atoms with Gasteiger partial charge in [-0.25, -0.2) is 22.2 Å².